The van der Waals surface area contributed by atoms with E-state index in [4.69, 9.17) is 57.1 Å². The van der Waals surface area contributed by atoms with Gasteiger partial charge in [0.1, 0.15) is 28.5 Å². The Balaban J connectivity index is 0.000000211. The van der Waals surface area contributed by atoms with Crippen molar-refractivity contribution in [3.8, 4) is 17.2 Å². The summed E-state index contributed by atoms with van der Waals surface area (Å²) in [7, 11) is 4.65. The van der Waals surface area contributed by atoms with Gasteiger partial charge >= 0.3 is 18.2 Å². The van der Waals surface area contributed by atoms with Crippen molar-refractivity contribution in [2.75, 3.05) is 47.5 Å². The lowest BCUT2D eigenvalue weighted by Gasteiger charge is -2.32. The molecule has 0 unspecified atom stereocenters. The maximum atomic E-state index is 13.7. The van der Waals surface area contributed by atoms with Gasteiger partial charge in [0.15, 0.2) is 0 Å². The van der Waals surface area contributed by atoms with Crippen LogP contribution in [-0.2, 0) is 35.2 Å². The van der Waals surface area contributed by atoms with Crippen LogP contribution in [-0.4, -0.2) is 118 Å². The van der Waals surface area contributed by atoms with E-state index in [1.165, 1.54) is 34.1 Å². The van der Waals surface area contributed by atoms with Gasteiger partial charge in [-0.1, -0.05) is 23.2 Å². The van der Waals surface area contributed by atoms with Gasteiger partial charge in [0, 0.05) is 65.2 Å². The average Bonchev–Trinajstić information content (AvgIpc) is 4.22. The molecule has 410 valence electrons. The van der Waals surface area contributed by atoms with Crippen molar-refractivity contribution in [3.63, 3.8) is 0 Å². The predicted molar refractivity (Wildman–Crippen MR) is 298 cm³/mol. The quantitative estimate of drug-likeness (QED) is 0.112. The second-order valence-corrected chi connectivity index (χ2v) is 24.1. The summed E-state index contributed by atoms with van der Waals surface area (Å²) in [5, 5.41) is 21.2. The zero-order valence-electron chi connectivity index (χ0n) is 45.0. The number of carbonyl (C=O) groups excluding carboxylic acids is 3. The molecule has 8 rings (SSSR count). The van der Waals surface area contributed by atoms with E-state index < -0.39 is 17.2 Å². The highest BCUT2D eigenvalue weighted by atomic mass is 35.5. The van der Waals surface area contributed by atoms with Gasteiger partial charge in [-0.15, -0.1) is 22.7 Å². The van der Waals surface area contributed by atoms with Crippen LogP contribution in [0.4, 0.5) is 9.59 Å². The van der Waals surface area contributed by atoms with Gasteiger partial charge in [-0.2, -0.15) is 10.2 Å². The number of nitrogens with zero attached hydrogens (tertiary/aromatic N) is 5. The highest BCUT2D eigenvalue weighted by Crippen LogP contribution is 2.33. The van der Waals surface area contributed by atoms with Crippen molar-refractivity contribution in [2.45, 2.75) is 123 Å². The third-order valence-corrected chi connectivity index (χ3v) is 15.2. The van der Waals surface area contributed by atoms with Gasteiger partial charge in [-0.3, -0.25) is 9.89 Å². The van der Waals surface area contributed by atoms with E-state index in [0.29, 0.717) is 59.4 Å². The zero-order valence-corrected chi connectivity index (χ0v) is 48.1. The Bertz CT molecular complexity index is 2900. The molecule has 4 aromatic heterocycles. The number of nitrogens with one attached hydrogen (secondary N) is 1. The fraction of sp³-hybridized carbons (Fsp3) is 0.464. The first-order chi connectivity index (χ1) is 36.0. The molecule has 0 atom stereocenters. The number of amides is 2. The van der Waals surface area contributed by atoms with Crippen LogP contribution in [0.2, 0.25) is 8.67 Å². The van der Waals surface area contributed by atoms with Crippen LogP contribution in [0.5, 0.6) is 17.2 Å². The number of aromatic amines is 1. The zero-order chi connectivity index (χ0) is 55.3. The Hall–Kier alpha value is -6.08. The van der Waals surface area contributed by atoms with Crippen molar-refractivity contribution < 1.29 is 48.0 Å². The average molecular weight is 1120 g/mol. The molecule has 2 aromatic carbocycles. The maximum absolute atomic E-state index is 13.7. The number of carboxylic acids is 1. The lowest BCUT2D eigenvalue weighted by molar-refractivity contribution is 0.0193. The molecule has 2 fully saturated rings. The summed E-state index contributed by atoms with van der Waals surface area (Å²) in [5.74, 6) is 1.07. The van der Waals surface area contributed by atoms with Gasteiger partial charge in [0.05, 0.1) is 52.5 Å². The number of carboxylic acid groups (broad SMARTS) is 1. The smallest absolute Gasteiger partial charge is 0.410 e. The summed E-state index contributed by atoms with van der Waals surface area (Å²) in [6, 6.07) is 22.1. The number of ether oxygens (including phenoxy) is 5. The number of rotatable bonds is 13. The minimum Gasteiger partial charge on any atom is -0.497 e. The fourth-order valence-corrected chi connectivity index (χ4v) is 10.8. The Morgan fingerprint density at radius 3 is 1.61 bits per heavy atom. The van der Waals surface area contributed by atoms with Crippen molar-refractivity contribution >= 4 is 69.9 Å². The molecule has 0 bridgehead atoms. The number of hydrogen-bond donors (Lipinski definition) is 2. The SMILES string of the molecule is CC(C)(C)OC(=O)N1CCC(c2cc(CCc3ccc(Cl)s3)[nH]n2)CC1.COc1ccc(C(=O)O)c(C)c1.COc1ccc(C(=O)n2nc(C3CCN(C(=O)OC(C)(C)C)CC3)cc2CCc2ccc(Cl)s2)c(OC)c1. The number of hydrogen-bond acceptors (Lipinski definition) is 13. The first-order valence-electron chi connectivity index (χ1n) is 25.2. The summed E-state index contributed by atoms with van der Waals surface area (Å²) in [6.07, 6.45) is 6.10. The first kappa shape index (κ1) is 59.2. The number of aromatic carboxylic acids is 1. The van der Waals surface area contributed by atoms with E-state index in [0.717, 1.165) is 94.4 Å². The van der Waals surface area contributed by atoms with Crippen molar-refractivity contribution in [1.29, 1.82) is 0 Å². The Morgan fingerprint density at radius 1 is 0.645 bits per heavy atom. The molecule has 0 spiro atoms. The standard InChI is InChI=1S/C28H34ClN3O5S.C19H26ClN3O2S.C9H10O3/c1-28(2,3)37-27(34)31-14-12-18(13-15-31)23-16-19(6-8-21-9-11-25(29)38-21)32(30-23)26(33)22-10-7-20(35-4)17-24(22)36-5;1-19(2,3)25-18(24)23-10-8-13(9-11-23)16-12-14(21-22-16)4-5-15-6-7-17(20)26-15;1-6-5-7(12-2)3-4-8(6)9(10)11/h7,9-11,16-18H,6,8,12-15H2,1-5H3;6-7,12-13H,4-5,8-11H2,1-3H3,(H,21,22);3-5H,1-2H3,(H,10,11). The molecule has 2 N–H and O–H groups in total. The van der Waals surface area contributed by atoms with Crippen LogP contribution >= 0.6 is 45.9 Å². The normalized spacial score (nSPS) is 14.2. The van der Waals surface area contributed by atoms with E-state index in [9.17, 15) is 19.2 Å². The molecular weight excluding hydrogens is 1050 g/mol. The molecule has 0 aliphatic carbocycles. The lowest BCUT2D eigenvalue weighted by Crippen LogP contribution is -2.41. The first-order valence-corrected chi connectivity index (χ1v) is 27.6. The molecule has 2 aliphatic heterocycles. The second kappa shape index (κ2) is 26.8. The monoisotopic (exact) mass is 1120 g/mol. The molecule has 0 saturated carbocycles. The summed E-state index contributed by atoms with van der Waals surface area (Å²) in [5.41, 5.74) is 4.39. The molecule has 16 nitrogen and oxygen atoms in total. The van der Waals surface area contributed by atoms with Crippen LogP contribution in [0.3, 0.4) is 0 Å². The molecular formula is C56H70Cl2N6O10S2. The van der Waals surface area contributed by atoms with E-state index >= 15 is 0 Å². The van der Waals surface area contributed by atoms with Crippen molar-refractivity contribution in [3.05, 3.63) is 131 Å². The summed E-state index contributed by atoms with van der Waals surface area (Å²) < 4.78 is 29.8. The van der Waals surface area contributed by atoms with Gasteiger partial charge in [-0.05, 0) is 172 Å². The van der Waals surface area contributed by atoms with Crippen LogP contribution in [0, 0.1) is 6.92 Å². The molecule has 0 radical (unpaired) electrons. The number of halogens is 2. The molecule has 2 amide bonds. The molecule has 6 aromatic rings. The predicted octanol–water partition coefficient (Wildman–Crippen LogP) is 12.9. The van der Waals surface area contributed by atoms with Gasteiger partial charge in [-0.25, -0.2) is 19.1 Å². The maximum Gasteiger partial charge on any atom is 0.410 e. The summed E-state index contributed by atoms with van der Waals surface area (Å²) in [6.45, 7) is 15.6. The Kier molecular flexibility index (Phi) is 20.9. The number of thiophene rings is 2. The van der Waals surface area contributed by atoms with E-state index in [1.807, 2.05) is 65.8 Å². The molecule has 20 heteroatoms. The fourth-order valence-electron chi connectivity index (χ4n) is 8.65. The minimum absolute atomic E-state index is 0.135. The summed E-state index contributed by atoms with van der Waals surface area (Å²) >= 11 is 15.3. The van der Waals surface area contributed by atoms with Crippen LogP contribution in [0.15, 0.2) is 72.8 Å². The molecule has 2 aliphatic rings. The van der Waals surface area contributed by atoms with Gasteiger partial charge in [0.2, 0.25) is 0 Å². The van der Waals surface area contributed by atoms with Crippen LogP contribution < -0.4 is 14.2 Å². The number of methoxy groups -OCH3 is 3. The third kappa shape index (κ3) is 17.2. The number of carbonyl (C=O) groups is 4. The topological polar surface area (TPSA) is 188 Å². The largest absolute Gasteiger partial charge is 0.497 e. The van der Waals surface area contributed by atoms with Crippen molar-refractivity contribution in [2.24, 2.45) is 0 Å². The van der Waals surface area contributed by atoms with Crippen molar-refractivity contribution in [1.82, 2.24) is 29.8 Å². The van der Waals surface area contributed by atoms with E-state index in [-0.39, 0.29) is 24.0 Å². The molecule has 2 saturated heterocycles. The highest BCUT2D eigenvalue weighted by molar-refractivity contribution is 7.16. The number of piperidine rings is 2. The van der Waals surface area contributed by atoms with Crippen LogP contribution in [0.25, 0.3) is 0 Å². The lowest BCUT2D eigenvalue weighted by atomic mass is 9.93. The third-order valence-electron chi connectivity index (χ3n) is 12.6. The van der Waals surface area contributed by atoms with Gasteiger partial charge < -0.3 is 38.6 Å². The van der Waals surface area contributed by atoms with E-state index in [2.05, 4.69) is 22.3 Å². The Labute approximate surface area is 463 Å². The number of H-pyrrole nitrogens is 1. The molecule has 6 heterocycles. The number of aryl methyl sites for hydroxylation is 5. The molecule has 76 heavy (non-hydrogen) atoms. The van der Waals surface area contributed by atoms with Crippen LogP contribution in [0.1, 0.15) is 138 Å². The Morgan fingerprint density at radius 2 is 1.14 bits per heavy atom. The number of aromatic nitrogens is 4. The number of likely N-dealkylation sites (tertiary alicyclic amines) is 2. The summed E-state index contributed by atoms with van der Waals surface area (Å²) in [4.78, 5) is 54.9. The van der Waals surface area contributed by atoms with Gasteiger partial charge in [0.25, 0.3) is 5.91 Å². The minimum atomic E-state index is -0.907. The second-order valence-electron chi connectivity index (χ2n) is 20.5. The highest BCUT2D eigenvalue weighted by Gasteiger charge is 2.31. The van der Waals surface area contributed by atoms with E-state index in [1.54, 1.807) is 72.6 Å². The number of benzene rings is 2.